The minimum atomic E-state index is 0.0624. The average molecular weight is 433 g/mol. The minimum absolute atomic E-state index is 0.0624. The Morgan fingerprint density at radius 2 is 2.24 bits per heavy atom. The number of hydrogen-bond donors (Lipinski definition) is 0. The van der Waals surface area contributed by atoms with Gasteiger partial charge in [-0.1, -0.05) is 34.6 Å². The first-order chi connectivity index (χ1) is 14.0. The molecule has 2 aromatic heterocycles. The van der Waals surface area contributed by atoms with E-state index >= 15 is 0 Å². The first-order valence-electron chi connectivity index (χ1n) is 9.38. The molecule has 0 N–H and O–H groups in total. The lowest BCUT2D eigenvalue weighted by Crippen LogP contribution is -2.40. The second-order valence-electron chi connectivity index (χ2n) is 7.06. The quantitative estimate of drug-likeness (QED) is 0.570. The zero-order valence-corrected chi connectivity index (χ0v) is 17.8. The Morgan fingerprint density at radius 1 is 1.38 bits per heavy atom. The molecule has 1 aromatic carbocycles. The number of amides is 1. The number of carbonyl (C=O) groups is 1. The molecule has 0 spiro atoms. The molecular weight excluding hydrogens is 412 g/mol. The van der Waals surface area contributed by atoms with Gasteiger partial charge in [-0.3, -0.25) is 9.36 Å². The molecular formula is C19H21ClN6O2S. The van der Waals surface area contributed by atoms with E-state index in [1.54, 1.807) is 13.3 Å². The van der Waals surface area contributed by atoms with Crippen LogP contribution in [0.2, 0.25) is 5.02 Å². The van der Waals surface area contributed by atoms with Gasteiger partial charge in [0.15, 0.2) is 11.0 Å². The number of thioether (sulfide) groups is 1. The number of piperidine rings is 1. The van der Waals surface area contributed by atoms with E-state index in [-0.39, 0.29) is 17.6 Å². The highest BCUT2D eigenvalue weighted by Gasteiger charge is 2.28. The predicted molar refractivity (Wildman–Crippen MR) is 109 cm³/mol. The van der Waals surface area contributed by atoms with Crippen LogP contribution in [0.3, 0.4) is 0 Å². The third-order valence-electron chi connectivity index (χ3n) is 4.94. The molecule has 1 amide bonds. The van der Waals surface area contributed by atoms with Crippen molar-refractivity contribution in [1.82, 2.24) is 29.8 Å². The van der Waals surface area contributed by atoms with E-state index in [1.807, 2.05) is 34.6 Å². The molecule has 1 aliphatic rings. The molecule has 0 saturated carbocycles. The third-order valence-corrected chi connectivity index (χ3v) is 6.28. The van der Waals surface area contributed by atoms with Crippen LogP contribution in [0, 0.1) is 13.8 Å². The van der Waals surface area contributed by atoms with Crippen LogP contribution in [0.5, 0.6) is 0 Å². The van der Waals surface area contributed by atoms with Gasteiger partial charge in [0.2, 0.25) is 11.8 Å². The molecule has 4 rings (SSSR count). The Balaban J connectivity index is 1.40. The van der Waals surface area contributed by atoms with Gasteiger partial charge in [-0.15, -0.1) is 10.2 Å². The molecule has 0 aliphatic carbocycles. The van der Waals surface area contributed by atoms with Crippen molar-refractivity contribution in [2.75, 3.05) is 18.8 Å². The zero-order chi connectivity index (χ0) is 20.4. The molecule has 3 aromatic rings. The molecule has 0 bridgehead atoms. The molecule has 1 atom stereocenters. The van der Waals surface area contributed by atoms with Crippen LogP contribution in [-0.4, -0.2) is 54.6 Å². The van der Waals surface area contributed by atoms with Gasteiger partial charge in [-0.2, -0.15) is 4.98 Å². The fourth-order valence-electron chi connectivity index (χ4n) is 3.33. The summed E-state index contributed by atoms with van der Waals surface area (Å²) >= 11 is 7.60. The third kappa shape index (κ3) is 4.45. The summed E-state index contributed by atoms with van der Waals surface area (Å²) in [6.07, 6.45) is 3.49. The lowest BCUT2D eigenvalue weighted by atomic mass is 9.98. The summed E-state index contributed by atoms with van der Waals surface area (Å²) in [5.41, 5.74) is 1.87. The average Bonchev–Trinajstić information content (AvgIpc) is 3.37. The number of carbonyl (C=O) groups excluding carboxylic acids is 1. The Kier molecular flexibility index (Phi) is 5.86. The van der Waals surface area contributed by atoms with Crippen molar-refractivity contribution >= 4 is 29.3 Å². The normalized spacial score (nSPS) is 16.9. The Morgan fingerprint density at radius 3 is 3.00 bits per heavy atom. The molecule has 8 nitrogen and oxygen atoms in total. The summed E-state index contributed by atoms with van der Waals surface area (Å²) in [4.78, 5) is 19.0. The Hall–Kier alpha value is -2.39. The molecule has 1 unspecified atom stereocenters. The van der Waals surface area contributed by atoms with Gasteiger partial charge in [0.25, 0.3) is 0 Å². The van der Waals surface area contributed by atoms with E-state index in [9.17, 15) is 4.79 Å². The lowest BCUT2D eigenvalue weighted by molar-refractivity contribution is -0.129. The van der Waals surface area contributed by atoms with Crippen molar-refractivity contribution in [2.24, 2.45) is 0 Å². The molecule has 0 radical (unpaired) electrons. The first kappa shape index (κ1) is 19.9. The summed E-state index contributed by atoms with van der Waals surface area (Å²) < 4.78 is 7.13. The first-order valence-corrected chi connectivity index (χ1v) is 10.7. The molecule has 1 aliphatic heterocycles. The number of rotatable bonds is 5. The molecule has 10 heteroatoms. The van der Waals surface area contributed by atoms with Crippen molar-refractivity contribution in [3.05, 3.63) is 46.8 Å². The van der Waals surface area contributed by atoms with Gasteiger partial charge < -0.3 is 9.42 Å². The minimum Gasteiger partial charge on any atom is -0.341 e. The summed E-state index contributed by atoms with van der Waals surface area (Å²) in [5.74, 6) is 1.68. The maximum atomic E-state index is 12.8. The highest BCUT2D eigenvalue weighted by molar-refractivity contribution is 7.99. The van der Waals surface area contributed by atoms with Crippen molar-refractivity contribution in [3.8, 4) is 5.69 Å². The van der Waals surface area contributed by atoms with Crippen LogP contribution in [-0.2, 0) is 4.79 Å². The van der Waals surface area contributed by atoms with Crippen molar-refractivity contribution < 1.29 is 9.32 Å². The van der Waals surface area contributed by atoms with Crippen LogP contribution < -0.4 is 0 Å². The Bertz CT molecular complexity index is 1020. The van der Waals surface area contributed by atoms with Crippen molar-refractivity contribution in [3.63, 3.8) is 0 Å². The largest absolute Gasteiger partial charge is 0.341 e. The predicted octanol–water partition coefficient (Wildman–Crippen LogP) is 3.42. The van der Waals surface area contributed by atoms with E-state index in [2.05, 4.69) is 20.3 Å². The van der Waals surface area contributed by atoms with Gasteiger partial charge in [-0.25, -0.2) is 0 Å². The second-order valence-corrected chi connectivity index (χ2v) is 8.41. The maximum absolute atomic E-state index is 12.8. The fourth-order valence-corrected chi connectivity index (χ4v) is 4.34. The number of likely N-dealkylation sites (tertiary alicyclic amines) is 1. The van der Waals surface area contributed by atoms with Crippen LogP contribution in [0.15, 0.2) is 34.2 Å². The second kappa shape index (κ2) is 8.54. The van der Waals surface area contributed by atoms with Crippen LogP contribution >= 0.6 is 23.4 Å². The maximum Gasteiger partial charge on any atom is 0.233 e. The van der Waals surface area contributed by atoms with Gasteiger partial charge in [0.1, 0.15) is 6.33 Å². The molecule has 1 saturated heterocycles. The standard InChI is InChI=1S/C19H21ClN6O2S/c1-12-5-6-15(8-16(12)20)26-11-21-23-19(26)29-10-17(27)25-7-3-4-14(9-25)18-22-13(2)24-28-18/h5-6,8,11,14H,3-4,7,9-10H2,1-2H3. The molecule has 152 valence electrons. The zero-order valence-electron chi connectivity index (χ0n) is 16.2. The van der Waals surface area contributed by atoms with Crippen LogP contribution in [0.4, 0.5) is 0 Å². The summed E-state index contributed by atoms with van der Waals surface area (Å²) in [6, 6.07) is 5.77. The van der Waals surface area contributed by atoms with Crippen molar-refractivity contribution in [2.45, 2.75) is 37.8 Å². The SMILES string of the molecule is Cc1noc(C2CCCN(C(=O)CSc3nncn3-c3ccc(C)c(Cl)c3)C2)n1. The smallest absolute Gasteiger partial charge is 0.233 e. The number of nitrogens with zero attached hydrogens (tertiary/aromatic N) is 6. The summed E-state index contributed by atoms with van der Waals surface area (Å²) in [5, 5.41) is 13.3. The van der Waals surface area contributed by atoms with E-state index in [0.29, 0.717) is 28.4 Å². The van der Waals surface area contributed by atoms with E-state index < -0.39 is 0 Å². The number of aromatic nitrogens is 5. The number of benzene rings is 1. The number of hydrogen-bond acceptors (Lipinski definition) is 7. The van der Waals surface area contributed by atoms with E-state index in [0.717, 1.165) is 30.6 Å². The topological polar surface area (TPSA) is 89.9 Å². The Labute approximate surface area is 177 Å². The van der Waals surface area contributed by atoms with Crippen molar-refractivity contribution in [1.29, 1.82) is 0 Å². The lowest BCUT2D eigenvalue weighted by Gasteiger charge is -2.30. The summed E-state index contributed by atoms with van der Waals surface area (Å²) in [7, 11) is 0. The molecule has 3 heterocycles. The number of aryl methyl sites for hydroxylation is 2. The molecule has 1 fully saturated rings. The molecule has 29 heavy (non-hydrogen) atoms. The van der Waals surface area contributed by atoms with E-state index in [1.165, 1.54) is 11.8 Å². The van der Waals surface area contributed by atoms with Gasteiger partial charge in [-0.05, 0) is 44.4 Å². The highest BCUT2D eigenvalue weighted by atomic mass is 35.5. The van der Waals surface area contributed by atoms with Gasteiger partial charge >= 0.3 is 0 Å². The number of halogens is 1. The highest BCUT2D eigenvalue weighted by Crippen LogP contribution is 2.27. The summed E-state index contributed by atoms with van der Waals surface area (Å²) in [6.45, 7) is 5.09. The van der Waals surface area contributed by atoms with E-state index in [4.69, 9.17) is 16.1 Å². The monoisotopic (exact) mass is 432 g/mol. The fraction of sp³-hybridized carbons (Fsp3) is 0.421. The van der Waals surface area contributed by atoms with Crippen LogP contribution in [0.1, 0.15) is 36.0 Å². The van der Waals surface area contributed by atoms with Gasteiger partial charge in [0.05, 0.1) is 17.4 Å². The van der Waals surface area contributed by atoms with Crippen LogP contribution in [0.25, 0.3) is 5.69 Å². The van der Waals surface area contributed by atoms with Gasteiger partial charge in [0, 0.05) is 18.1 Å².